The number of aliphatic hydroxyl groups is 2. The van der Waals surface area contributed by atoms with E-state index in [1.807, 2.05) is 0 Å². The summed E-state index contributed by atoms with van der Waals surface area (Å²) >= 11 is 0. The van der Waals surface area contributed by atoms with Crippen molar-refractivity contribution >= 4 is 5.97 Å². The molecule has 80 valence electrons. The van der Waals surface area contributed by atoms with E-state index in [1.165, 1.54) is 0 Å². The summed E-state index contributed by atoms with van der Waals surface area (Å²) in [6.45, 7) is 5.12. The summed E-state index contributed by atoms with van der Waals surface area (Å²) in [5, 5.41) is 24.8. The van der Waals surface area contributed by atoms with Crippen LogP contribution in [0.25, 0.3) is 0 Å². The van der Waals surface area contributed by atoms with Crippen LogP contribution in [0.5, 0.6) is 0 Å². The molecule has 0 aliphatic carbocycles. The highest BCUT2D eigenvalue weighted by Gasteiger charge is 2.05. The fourth-order valence-corrected chi connectivity index (χ4v) is 0.706. The highest BCUT2D eigenvalue weighted by Crippen LogP contribution is 2.08. The lowest BCUT2D eigenvalue weighted by atomic mass is 10.0. The third kappa shape index (κ3) is 18.4. The van der Waals surface area contributed by atoms with Gasteiger partial charge in [0.1, 0.15) is 0 Å². The van der Waals surface area contributed by atoms with Crippen molar-refractivity contribution in [3.63, 3.8) is 0 Å². The molecule has 0 rings (SSSR count). The molecular weight excluding hydrogens is 172 g/mol. The lowest BCUT2D eigenvalue weighted by molar-refractivity contribution is -0.134. The molecule has 0 aromatic heterocycles. The molecule has 2 unspecified atom stereocenters. The Morgan fingerprint density at radius 3 is 2.08 bits per heavy atom. The van der Waals surface area contributed by atoms with Crippen molar-refractivity contribution < 1.29 is 20.1 Å². The molecule has 0 aromatic carbocycles. The zero-order chi connectivity index (χ0) is 10.9. The van der Waals surface area contributed by atoms with Crippen molar-refractivity contribution in [2.24, 2.45) is 5.92 Å². The molecule has 4 nitrogen and oxygen atoms in total. The number of carbonyl (C=O) groups is 1. The number of aliphatic hydroxyl groups excluding tert-OH is 2. The average molecular weight is 192 g/mol. The Balaban J connectivity index is 0. The first-order valence-electron chi connectivity index (χ1n) is 4.42. The SMILES string of the molecule is CC(=O)O.CCC(C)CC(O)CO. The molecule has 0 saturated carbocycles. The Morgan fingerprint density at radius 2 is 1.85 bits per heavy atom. The molecule has 0 aliphatic heterocycles. The van der Waals surface area contributed by atoms with Crippen molar-refractivity contribution in [1.82, 2.24) is 0 Å². The van der Waals surface area contributed by atoms with Crippen molar-refractivity contribution in [3.8, 4) is 0 Å². The van der Waals surface area contributed by atoms with Crippen LogP contribution in [-0.4, -0.2) is 34.0 Å². The molecule has 13 heavy (non-hydrogen) atoms. The Morgan fingerprint density at radius 1 is 1.46 bits per heavy atom. The summed E-state index contributed by atoms with van der Waals surface area (Å²) in [6.07, 6.45) is 1.27. The molecule has 0 heterocycles. The van der Waals surface area contributed by atoms with Crippen LogP contribution in [0, 0.1) is 5.92 Å². The third-order valence-electron chi connectivity index (χ3n) is 1.58. The van der Waals surface area contributed by atoms with E-state index < -0.39 is 12.1 Å². The first kappa shape index (κ1) is 14.9. The fourth-order valence-electron chi connectivity index (χ4n) is 0.706. The fraction of sp³-hybridized carbons (Fsp3) is 0.889. The molecule has 0 spiro atoms. The van der Waals surface area contributed by atoms with Gasteiger partial charge in [0, 0.05) is 6.92 Å². The monoisotopic (exact) mass is 192 g/mol. The number of hydrogen-bond acceptors (Lipinski definition) is 3. The molecular formula is C9H20O4. The van der Waals surface area contributed by atoms with E-state index >= 15 is 0 Å². The van der Waals surface area contributed by atoms with Gasteiger partial charge in [0.05, 0.1) is 12.7 Å². The number of aliphatic carboxylic acids is 1. The topological polar surface area (TPSA) is 77.8 Å². The summed E-state index contributed by atoms with van der Waals surface area (Å²) in [4.78, 5) is 9.00. The molecule has 0 bridgehead atoms. The third-order valence-corrected chi connectivity index (χ3v) is 1.58. The quantitative estimate of drug-likeness (QED) is 0.617. The van der Waals surface area contributed by atoms with Gasteiger partial charge in [-0.15, -0.1) is 0 Å². The second-order valence-corrected chi connectivity index (χ2v) is 3.10. The zero-order valence-electron chi connectivity index (χ0n) is 8.53. The van der Waals surface area contributed by atoms with Crippen LogP contribution in [0.15, 0.2) is 0 Å². The summed E-state index contributed by atoms with van der Waals surface area (Å²) in [5.74, 6) is -0.313. The van der Waals surface area contributed by atoms with Crippen LogP contribution in [0.3, 0.4) is 0 Å². The highest BCUT2D eigenvalue weighted by atomic mass is 16.4. The van der Waals surface area contributed by atoms with Gasteiger partial charge in [0.25, 0.3) is 5.97 Å². The minimum absolute atomic E-state index is 0.107. The maximum atomic E-state index is 9.00. The van der Waals surface area contributed by atoms with E-state index in [2.05, 4.69) is 13.8 Å². The molecule has 4 heteroatoms. The molecule has 0 amide bonds. The van der Waals surface area contributed by atoms with Gasteiger partial charge < -0.3 is 15.3 Å². The number of rotatable bonds is 4. The van der Waals surface area contributed by atoms with Gasteiger partial charge in [0.2, 0.25) is 0 Å². The van der Waals surface area contributed by atoms with E-state index in [0.717, 1.165) is 13.3 Å². The van der Waals surface area contributed by atoms with Gasteiger partial charge in [-0.3, -0.25) is 4.79 Å². The van der Waals surface area contributed by atoms with E-state index in [-0.39, 0.29) is 6.61 Å². The Bertz CT molecular complexity index is 113. The predicted octanol–water partition coefficient (Wildman–Crippen LogP) is 0.867. The van der Waals surface area contributed by atoms with Gasteiger partial charge in [-0.25, -0.2) is 0 Å². The van der Waals surface area contributed by atoms with Crippen molar-refractivity contribution in [2.75, 3.05) is 6.61 Å². The maximum Gasteiger partial charge on any atom is 0.300 e. The smallest absolute Gasteiger partial charge is 0.300 e. The van der Waals surface area contributed by atoms with E-state index in [4.69, 9.17) is 20.1 Å². The second-order valence-electron chi connectivity index (χ2n) is 3.10. The molecule has 0 saturated heterocycles. The summed E-state index contributed by atoms with van der Waals surface area (Å²) in [6, 6.07) is 0. The lowest BCUT2D eigenvalue weighted by Crippen LogP contribution is -2.15. The Labute approximate surface area is 79.2 Å². The van der Waals surface area contributed by atoms with Crippen molar-refractivity contribution in [3.05, 3.63) is 0 Å². The Hall–Kier alpha value is -0.610. The molecule has 0 fully saturated rings. The molecule has 0 radical (unpaired) electrons. The first-order chi connectivity index (χ1) is 5.93. The number of hydrogen-bond donors (Lipinski definition) is 3. The minimum Gasteiger partial charge on any atom is -0.481 e. The first-order valence-corrected chi connectivity index (χ1v) is 4.42. The van der Waals surface area contributed by atoms with E-state index in [9.17, 15) is 0 Å². The van der Waals surface area contributed by atoms with Crippen LogP contribution >= 0.6 is 0 Å². The van der Waals surface area contributed by atoms with Crippen molar-refractivity contribution in [2.45, 2.75) is 39.7 Å². The second kappa shape index (κ2) is 9.48. The van der Waals surface area contributed by atoms with Crippen LogP contribution in [0.4, 0.5) is 0 Å². The van der Waals surface area contributed by atoms with Crippen LogP contribution in [0.1, 0.15) is 33.6 Å². The molecule has 0 aromatic rings. The maximum absolute atomic E-state index is 9.00. The average Bonchev–Trinajstić information content (AvgIpc) is 2.03. The summed E-state index contributed by atoms with van der Waals surface area (Å²) in [5.41, 5.74) is 0. The minimum atomic E-state index is -0.833. The number of carboxylic acid groups (broad SMARTS) is 1. The van der Waals surface area contributed by atoms with Crippen LogP contribution in [0.2, 0.25) is 0 Å². The van der Waals surface area contributed by atoms with E-state index in [1.54, 1.807) is 0 Å². The van der Waals surface area contributed by atoms with Gasteiger partial charge in [-0.2, -0.15) is 0 Å². The van der Waals surface area contributed by atoms with Gasteiger partial charge >= 0.3 is 0 Å². The molecule has 2 atom stereocenters. The molecule has 0 aliphatic rings. The highest BCUT2D eigenvalue weighted by molar-refractivity contribution is 5.62. The summed E-state index contributed by atoms with van der Waals surface area (Å²) < 4.78 is 0. The lowest BCUT2D eigenvalue weighted by Gasteiger charge is -2.11. The normalized spacial score (nSPS) is 13.9. The largest absolute Gasteiger partial charge is 0.481 e. The van der Waals surface area contributed by atoms with Crippen LogP contribution in [-0.2, 0) is 4.79 Å². The van der Waals surface area contributed by atoms with Gasteiger partial charge in [0.15, 0.2) is 0 Å². The van der Waals surface area contributed by atoms with Gasteiger partial charge in [-0.1, -0.05) is 20.3 Å². The van der Waals surface area contributed by atoms with Crippen LogP contribution < -0.4 is 0 Å². The Kier molecular flexibility index (Phi) is 10.9. The van der Waals surface area contributed by atoms with Gasteiger partial charge in [-0.05, 0) is 12.3 Å². The number of carboxylic acids is 1. The predicted molar refractivity (Wildman–Crippen MR) is 50.5 cm³/mol. The zero-order valence-corrected chi connectivity index (χ0v) is 8.53. The summed E-state index contributed by atoms with van der Waals surface area (Å²) in [7, 11) is 0. The standard InChI is InChI=1S/C7H16O2.C2H4O2/c1-3-6(2)4-7(9)5-8;1-2(3)4/h6-9H,3-5H2,1-2H3;1H3,(H,3,4). The van der Waals surface area contributed by atoms with E-state index in [0.29, 0.717) is 12.3 Å². The molecule has 3 N–H and O–H groups in total. The van der Waals surface area contributed by atoms with Crippen molar-refractivity contribution in [1.29, 1.82) is 0 Å².